The molecule has 0 unspecified atom stereocenters. The number of nitrogens with zero attached hydrogens (tertiary/aromatic N) is 1. The van der Waals surface area contributed by atoms with Crippen molar-refractivity contribution in [3.8, 4) is 0 Å². The molecule has 8 nitrogen and oxygen atoms in total. The lowest BCUT2D eigenvalue weighted by Crippen LogP contribution is -2.49. The molecule has 0 radical (unpaired) electrons. The van der Waals surface area contributed by atoms with Crippen molar-refractivity contribution in [2.75, 3.05) is 6.54 Å². The van der Waals surface area contributed by atoms with E-state index in [9.17, 15) is 19.5 Å². The minimum Gasteiger partial charge on any atom is -0.480 e. The lowest BCUT2D eigenvalue weighted by Gasteiger charge is -2.26. The highest BCUT2D eigenvalue weighted by atomic mass is 16.6. The van der Waals surface area contributed by atoms with Crippen molar-refractivity contribution in [1.82, 2.24) is 4.90 Å². The smallest absolute Gasteiger partial charge is 0.420 e. The van der Waals surface area contributed by atoms with E-state index in [2.05, 4.69) is 0 Å². The number of unbranched alkanes of at least 4 members (excludes halogenated alkanes) is 1. The summed E-state index contributed by atoms with van der Waals surface area (Å²) >= 11 is 0. The Morgan fingerprint density at radius 2 is 1.30 bits per heavy atom. The fourth-order valence-electron chi connectivity index (χ4n) is 2.75. The number of carboxylic acid groups (broad SMARTS) is 1. The highest BCUT2D eigenvalue weighted by Crippen LogP contribution is 2.15. The van der Waals surface area contributed by atoms with Crippen LogP contribution in [-0.2, 0) is 27.5 Å². The van der Waals surface area contributed by atoms with Crippen molar-refractivity contribution in [3.05, 3.63) is 71.8 Å². The number of benzene rings is 2. The average Bonchev–Trinajstić information content (AvgIpc) is 2.76. The van der Waals surface area contributed by atoms with Gasteiger partial charge >= 0.3 is 18.2 Å². The molecule has 2 aromatic carbocycles. The molecule has 0 spiro atoms. The van der Waals surface area contributed by atoms with E-state index < -0.39 is 24.2 Å². The van der Waals surface area contributed by atoms with E-state index in [1.165, 1.54) is 0 Å². The molecule has 0 fully saturated rings. The summed E-state index contributed by atoms with van der Waals surface area (Å²) in [5.74, 6) is -1.32. The number of aliphatic carboxylic acids is 1. The van der Waals surface area contributed by atoms with Crippen LogP contribution < -0.4 is 5.73 Å². The summed E-state index contributed by atoms with van der Waals surface area (Å²) in [6, 6.07) is 16.3. The topological polar surface area (TPSA) is 119 Å². The Morgan fingerprint density at radius 1 is 0.833 bits per heavy atom. The van der Waals surface area contributed by atoms with Gasteiger partial charge in [-0.1, -0.05) is 60.7 Å². The Labute approximate surface area is 175 Å². The van der Waals surface area contributed by atoms with Crippen LogP contribution in [0.5, 0.6) is 0 Å². The van der Waals surface area contributed by atoms with Crippen LogP contribution in [0.4, 0.5) is 9.59 Å². The van der Waals surface area contributed by atoms with Crippen LogP contribution in [0.25, 0.3) is 0 Å². The summed E-state index contributed by atoms with van der Waals surface area (Å²) in [6.07, 6.45) is -1.10. The van der Waals surface area contributed by atoms with E-state index >= 15 is 0 Å². The summed E-state index contributed by atoms with van der Waals surface area (Å²) in [7, 11) is 0. The van der Waals surface area contributed by atoms with Crippen LogP contribution >= 0.6 is 0 Å². The summed E-state index contributed by atoms with van der Waals surface area (Å²) in [6.45, 7) is 0.178. The van der Waals surface area contributed by atoms with Crippen molar-refractivity contribution in [1.29, 1.82) is 0 Å². The Bertz CT molecular complexity index is 757. The molecular weight excluding hydrogens is 388 g/mol. The van der Waals surface area contributed by atoms with Crippen molar-refractivity contribution in [3.63, 3.8) is 0 Å². The van der Waals surface area contributed by atoms with Gasteiger partial charge in [-0.15, -0.1) is 0 Å². The molecule has 0 aromatic heterocycles. The van der Waals surface area contributed by atoms with Gasteiger partial charge in [0.2, 0.25) is 0 Å². The highest BCUT2D eigenvalue weighted by molar-refractivity contribution is 5.93. The molecule has 0 heterocycles. The average molecular weight is 414 g/mol. The maximum atomic E-state index is 12.7. The quantitative estimate of drug-likeness (QED) is 0.571. The maximum absolute atomic E-state index is 12.7. The van der Waals surface area contributed by atoms with Crippen molar-refractivity contribution in [2.45, 2.75) is 38.5 Å². The van der Waals surface area contributed by atoms with Gasteiger partial charge in [-0.3, -0.25) is 0 Å². The molecule has 2 aromatic rings. The molecule has 3 N–H and O–H groups in total. The molecule has 0 bridgehead atoms. The predicted octanol–water partition coefficient (Wildman–Crippen LogP) is 3.54. The number of carboxylic acids is 1. The maximum Gasteiger partial charge on any atom is 0.420 e. The number of carbonyl (C=O) groups is 3. The van der Waals surface area contributed by atoms with Gasteiger partial charge in [-0.05, 0) is 36.9 Å². The van der Waals surface area contributed by atoms with Crippen LogP contribution in [-0.4, -0.2) is 40.7 Å². The SMILES string of the molecule is NCCCC[C@@H](C(=O)O)N(C(=O)OCc1ccccc1)C(=O)OCc1ccccc1. The molecule has 160 valence electrons. The Morgan fingerprint density at radius 3 is 1.70 bits per heavy atom. The Kier molecular flexibility index (Phi) is 9.33. The summed E-state index contributed by atoms with van der Waals surface area (Å²) < 4.78 is 10.4. The lowest BCUT2D eigenvalue weighted by molar-refractivity contribution is -0.142. The number of ether oxygens (including phenoxy) is 2. The number of hydrogen-bond donors (Lipinski definition) is 2. The first-order valence-electron chi connectivity index (χ1n) is 9.66. The zero-order chi connectivity index (χ0) is 21.8. The fraction of sp³-hybridized carbons (Fsp3) is 0.318. The van der Waals surface area contributed by atoms with Crippen LogP contribution in [0.1, 0.15) is 30.4 Å². The van der Waals surface area contributed by atoms with E-state index in [4.69, 9.17) is 15.2 Å². The summed E-state index contributed by atoms with van der Waals surface area (Å²) in [4.78, 5) is 37.7. The first kappa shape index (κ1) is 22.9. The Balaban J connectivity index is 2.12. The zero-order valence-electron chi connectivity index (χ0n) is 16.6. The largest absolute Gasteiger partial charge is 0.480 e. The molecule has 30 heavy (non-hydrogen) atoms. The first-order chi connectivity index (χ1) is 14.5. The lowest BCUT2D eigenvalue weighted by atomic mass is 10.1. The van der Waals surface area contributed by atoms with Gasteiger partial charge in [0.15, 0.2) is 0 Å². The Hall–Kier alpha value is -3.39. The molecule has 0 saturated heterocycles. The van der Waals surface area contributed by atoms with E-state index in [0.29, 0.717) is 35.4 Å². The van der Waals surface area contributed by atoms with Gasteiger partial charge in [-0.25, -0.2) is 14.4 Å². The minimum absolute atomic E-state index is 0.0490. The predicted molar refractivity (Wildman–Crippen MR) is 109 cm³/mol. The van der Waals surface area contributed by atoms with Crippen LogP contribution in [0.3, 0.4) is 0 Å². The van der Waals surface area contributed by atoms with Gasteiger partial charge in [0.05, 0.1) is 0 Å². The second-order valence-electron chi connectivity index (χ2n) is 6.59. The molecule has 0 aliphatic heterocycles. The van der Waals surface area contributed by atoms with Crippen LogP contribution in [0.15, 0.2) is 60.7 Å². The third-order valence-corrected chi connectivity index (χ3v) is 4.33. The van der Waals surface area contributed by atoms with Gasteiger partial charge in [0.1, 0.15) is 19.3 Å². The molecule has 1 atom stereocenters. The number of carbonyl (C=O) groups excluding carboxylic acids is 2. The monoisotopic (exact) mass is 414 g/mol. The summed E-state index contributed by atoms with van der Waals surface area (Å²) in [5.41, 5.74) is 6.88. The molecule has 2 amide bonds. The second-order valence-corrected chi connectivity index (χ2v) is 6.59. The molecule has 8 heteroatoms. The third-order valence-electron chi connectivity index (χ3n) is 4.33. The highest BCUT2D eigenvalue weighted by Gasteiger charge is 2.37. The normalized spacial score (nSPS) is 11.4. The molecular formula is C22H26N2O6. The van der Waals surface area contributed by atoms with Gasteiger partial charge in [0, 0.05) is 0 Å². The standard InChI is InChI=1S/C22H26N2O6/c23-14-8-7-13-19(20(25)26)24(21(27)29-15-17-9-3-1-4-10-17)22(28)30-16-18-11-5-2-6-12-18/h1-6,9-12,19H,7-8,13-16,23H2,(H,25,26)/t19-/m0/s1. The first-order valence-corrected chi connectivity index (χ1v) is 9.66. The zero-order valence-corrected chi connectivity index (χ0v) is 16.6. The number of nitrogens with two attached hydrogens (primary N) is 1. The number of hydrogen-bond acceptors (Lipinski definition) is 6. The van der Waals surface area contributed by atoms with Crippen LogP contribution in [0, 0.1) is 0 Å². The minimum atomic E-state index is -1.41. The number of imide groups is 1. The van der Waals surface area contributed by atoms with Gasteiger partial charge < -0.3 is 20.3 Å². The molecule has 0 aliphatic carbocycles. The van der Waals surface area contributed by atoms with E-state index in [-0.39, 0.29) is 19.6 Å². The second kappa shape index (κ2) is 12.2. The van der Waals surface area contributed by atoms with Crippen molar-refractivity contribution < 1.29 is 29.0 Å². The van der Waals surface area contributed by atoms with E-state index in [0.717, 1.165) is 0 Å². The van der Waals surface area contributed by atoms with Gasteiger partial charge in [-0.2, -0.15) is 4.90 Å². The fourth-order valence-corrected chi connectivity index (χ4v) is 2.75. The number of amides is 2. The van der Waals surface area contributed by atoms with E-state index in [1.54, 1.807) is 48.5 Å². The van der Waals surface area contributed by atoms with Crippen molar-refractivity contribution >= 4 is 18.2 Å². The third kappa shape index (κ3) is 7.21. The molecule has 0 saturated carbocycles. The number of rotatable bonds is 10. The van der Waals surface area contributed by atoms with Gasteiger partial charge in [0.25, 0.3) is 0 Å². The summed E-state index contributed by atoms with van der Waals surface area (Å²) in [5, 5.41) is 9.62. The van der Waals surface area contributed by atoms with E-state index in [1.807, 2.05) is 12.1 Å². The molecule has 2 rings (SSSR count). The molecule has 0 aliphatic rings. The van der Waals surface area contributed by atoms with Crippen molar-refractivity contribution in [2.24, 2.45) is 5.73 Å². The van der Waals surface area contributed by atoms with Crippen LogP contribution in [0.2, 0.25) is 0 Å².